The summed E-state index contributed by atoms with van der Waals surface area (Å²) in [4.78, 5) is 17.0. The Balaban J connectivity index is 1.56. The van der Waals surface area contributed by atoms with Gasteiger partial charge in [-0.1, -0.05) is 26.2 Å². The van der Waals surface area contributed by atoms with Gasteiger partial charge in [-0.15, -0.1) is 0 Å². The van der Waals surface area contributed by atoms with Crippen LogP contribution < -0.4 is 10.6 Å². The highest BCUT2D eigenvalue weighted by Gasteiger charge is 2.35. The Kier molecular flexibility index (Phi) is 5.34. The fraction of sp³-hybridized carbons (Fsp3) is 0.545. The maximum absolute atomic E-state index is 14.8. The standard InChI is InChI=1S/C22H28FN3O3/c1-22(6-3-2-4-7-22)15-9-16(23)17(10-19(15)27)26-21(29)14-11-25-18-12-24-8-5-13(18)20(14)28/h9-11,13,18,24,27-28H,2-8,12H2,1H3,(H,26,29). The lowest BCUT2D eigenvalue weighted by molar-refractivity contribution is -0.112. The van der Waals surface area contributed by atoms with E-state index in [1.54, 1.807) is 0 Å². The van der Waals surface area contributed by atoms with Crippen LogP contribution in [0.1, 0.15) is 51.0 Å². The van der Waals surface area contributed by atoms with Gasteiger partial charge in [0, 0.05) is 30.3 Å². The molecule has 3 aliphatic rings. The number of carbonyl (C=O) groups excluding carboxylic acids is 1. The number of rotatable bonds is 3. The van der Waals surface area contributed by atoms with Gasteiger partial charge in [-0.25, -0.2) is 4.39 Å². The fourth-order valence-electron chi connectivity index (χ4n) is 4.86. The number of piperidine rings is 1. The van der Waals surface area contributed by atoms with E-state index in [4.69, 9.17) is 0 Å². The predicted molar refractivity (Wildman–Crippen MR) is 110 cm³/mol. The molecule has 1 saturated heterocycles. The number of dihydropyridines is 1. The minimum atomic E-state index is -0.627. The van der Waals surface area contributed by atoms with Gasteiger partial charge in [-0.2, -0.15) is 0 Å². The minimum Gasteiger partial charge on any atom is -0.511 e. The van der Waals surface area contributed by atoms with Gasteiger partial charge in [-0.3, -0.25) is 9.79 Å². The maximum Gasteiger partial charge on any atom is 0.260 e. The predicted octanol–water partition coefficient (Wildman–Crippen LogP) is 3.57. The highest BCUT2D eigenvalue weighted by molar-refractivity contribution is 6.18. The second-order valence-corrected chi connectivity index (χ2v) is 8.67. The van der Waals surface area contributed by atoms with E-state index < -0.39 is 11.7 Å². The van der Waals surface area contributed by atoms with E-state index in [-0.39, 0.29) is 40.1 Å². The van der Waals surface area contributed by atoms with Crippen molar-refractivity contribution < 1.29 is 19.4 Å². The van der Waals surface area contributed by atoms with Gasteiger partial charge >= 0.3 is 0 Å². The molecule has 7 heteroatoms. The first kappa shape index (κ1) is 19.9. The van der Waals surface area contributed by atoms with Crippen molar-refractivity contribution in [3.63, 3.8) is 0 Å². The number of anilines is 1. The molecule has 2 heterocycles. The molecule has 4 rings (SSSR count). The van der Waals surface area contributed by atoms with Crippen LogP contribution in [0.4, 0.5) is 10.1 Å². The van der Waals surface area contributed by atoms with Gasteiger partial charge in [0.1, 0.15) is 17.3 Å². The molecule has 4 N–H and O–H groups in total. The highest BCUT2D eigenvalue weighted by atomic mass is 19.1. The lowest BCUT2D eigenvalue weighted by Crippen LogP contribution is -2.43. The average molecular weight is 401 g/mol. The Morgan fingerprint density at radius 2 is 2.03 bits per heavy atom. The van der Waals surface area contributed by atoms with Crippen LogP contribution in [-0.4, -0.2) is 41.5 Å². The van der Waals surface area contributed by atoms with Crippen molar-refractivity contribution in [3.8, 4) is 5.75 Å². The van der Waals surface area contributed by atoms with E-state index in [9.17, 15) is 19.4 Å². The van der Waals surface area contributed by atoms with Crippen LogP contribution in [0.2, 0.25) is 0 Å². The summed E-state index contributed by atoms with van der Waals surface area (Å²) >= 11 is 0. The van der Waals surface area contributed by atoms with Gasteiger partial charge < -0.3 is 20.8 Å². The number of hydrogen-bond donors (Lipinski definition) is 4. The van der Waals surface area contributed by atoms with Gasteiger partial charge in [-0.05, 0) is 37.3 Å². The third-order valence-corrected chi connectivity index (χ3v) is 6.66. The quantitative estimate of drug-likeness (QED) is 0.623. The number of phenolic OH excluding ortho intramolecular Hbond substituents is 1. The third-order valence-electron chi connectivity index (χ3n) is 6.66. The molecule has 29 heavy (non-hydrogen) atoms. The molecule has 1 saturated carbocycles. The van der Waals surface area contributed by atoms with Gasteiger partial charge in [0.25, 0.3) is 5.91 Å². The van der Waals surface area contributed by atoms with Gasteiger partial charge in [0.05, 0.1) is 17.3 Å². The number of hydrogen-bond acceptors (Lipinski definition) is 5. The van der Waals surface area contributed by atoms with Crippen LogP contribution in [0.15, 0.2) is 28.5 Å². The summed E-state index contributed by atoms with van der Waals surface area (Å²) in [6, 6.07) is 2.52. The molecule has 1 amide bonds. The van der Waals surface area contributed by atoms with E-state index in [0.717, 1.165) is 38.6 Å². The Hall–Kier alpha value is -2.41. The average Bonchev–Trinajstić information content (AvgIpc) is 2.71. The van der Waals surface area contributed by atoms with E-state index in [2.05, 4.69) is 22.5 Å². The van der Waals surface area contributed by atoms with Crippen molar-refractivity contribution in [3.05, 3.63) is 34.8 Å². The van der Waals surface area contributed by atoms with Crippen LogP contribution in [0, 0.1) is 11.7 Å². The molecular weight excluding hydrogens is 373 g/mol. The topological polar surface area (TPSA) is 94.0 Å². The number of aliphatic imine (C=N–C) groups is 1. The Bertz CT molecular complexity index is 874. The Morgan fingerprint density at radius 1 is 1.28 bits per heavy atom. The number of halogens is 1. The van der Waals surface area contributed by atoms with Crippen molar-refractivity contribution >= 4 is 17.8 Å². The minimum absolute atomic E-state index is 0.0000306. The van der Waals surface area contributed by atoms with E-state index in [0.29, 0.717) is 18.5 Å². The summed E-state index contributed by atoms with van der Waals surface area (Å²) in [5.74, 6) is -1.43. The summed E-state index contributed by atoms with van der Waals surface area (Å²) in [6.45, 7) is 3.46. The zero-order chi connectivity index (χ0) is 20.6. The molecule has 1 aromatic rings. The second-order valence-electron chi connectivity index (χ2n) is 8.67. The summed E-state index contributed by atoms with van der Waals surface area (Å²) in [5.41, 5.74) is 0.283. The normalized spacial score (nSPS) is 26.1. The largest absolute Gasteiger partial charge is 0.511 e. The zero-order valence-electron chi connectivity index (χ0n) is 16.7. The molecule has 2 aliphatic heterocycles. The van der Waals surface area contributed by atoms with E-state index in [1.807, 2.05) is 0 Å². The van der Waals surface area contributed by atoms with E-state index >= 15 is 0 Å². The maximum atomic E-state index is 14.8. The molecule has 6 nitrogen and oxygen atoms in total. The SMILES string of the molecule is CC1(c2cc(F)c(NC(=O)C3=C(O)C4CCNCC4N=C3)cc2O)CCCCC1. The lowest BCUT2D eigenvalue weighted by Gasteiger charge is -2.34. The van der Waals surface area contributed by atoms with Crippen LogP contribution in [-0.2, 0) is 10.2 Å². The first-order chi connectivity index (χ1) is 13.9. The number of amides is 1. The molecule has 2 fully saturated rings. The first-order valence-corrected chi connectivity index (χ1v) is 10.4. The number of aliphatic hydroxyl groups is 1. The number of nitrogens with zero attached hydrogens (tertiary/aromatic N) is 1. The van der Waals surface area contributed by atoms with Crippen molar-refractivity contribution in [2.75, 3.05) is 18.4 Å². The van der Waals surface area contributed by atoms with Gasteiger partial charge in [0.15, 0.2) is 0 Å². The number of fused-ring (bicyclic) bond motifs is 1. The monoisotopic (exact) mass is 401 g/mol. The summed E-state index contributed by atoms with van der Waals surface area (Å²) in [6.07, 6.45) is 7.12. The molecule has 0 aromatic heterocycles. The fourth-order valence-corrected chi connectivity index (χ4v) is 4.86. The molecular formula is C22H28FN3O3. The lowest BCUT2D eigenvalue weighted by atomic mass is 9.70. The number of aromatic hydroxyl groups is 1. The number of aliphatic hydroxyl groups excluding tert-OH is 1. The third kappa shape index (κ3) is 3.75. The summed E-state index contributed by atoms with van der Waals surface area (Å²) < 4.78 is 14.8. The number of benzene rings is 1. The molecule has 1 aromatic carbocycles. The highest BCUT2D eigenvalue weighted by Crippen LogP contribution is 2.44. The molecule has 2 atom stereocenters. The molecule has 0 spiro atoms. The van der Waals surface area contributed by atoms with Gasteiger partial charge in [0.2, 0.25) is 0 Å². The van der Waals surface area contributed by atoms with Crippen LogP contribution in [0.5, 0.6) is 5.75 Å². The molecule has 156 valence electrons. The Labute approximate surface area is 169 Å². The summed E-state index contributed by atoms with van der Waals surface area (Å²) in [7, 11) is 0. The van der Waals surface area contributed by atoms with Crippen molar-refractivity contribution in [1.82, 2.24) is 5.32 Å². The number of phenols is 1. The molecule has 2 unspecified atom stereocenters. The number of nitrogens with one attached hydrogen (secondary N) is 2. The van der Waals surface area contributed by atoms with Crippen molar-refractivity contribution in [2.24, 2.45) is 10.9 Å². The second kappa shape index (κ2) is 7.78. The smallest absolute Gasteiger partial charge is 0.260 e. The zero-order valence-corrected chi connectivity index (χ0v) is 16.7. The number of carbonyl (C=O) groups is 1. The first-order valence-electron chi connectivity index (χ1n) is 10.4. The molecule has 1 aliphatic carbocycles. The summed E-state index contributed by atoms with van der Waals surface area (Å²) in [5, 5.41) is 26.8. The molecule has 0 radical (unpaired) electrons. The van der Waals surface area contributed by atoms with Crippen LogP contribution in [0.25, 0.3) is 0 Å². The Morgan fingerprint density at radius 3 is 2.79 bits per heavy atom. The van der Waals surface area contributed by atoms with E-state index in [1.165, 1.54) is 18.3 Å². The molecule has 0 bridgehead atoms. The van der Waals surface area contributed by atoms with Crippen LogP contribution in [0.3, 0.4) is 0 Å². The van der Waals surface area contributed by atoms with Crippen molar-refractivity contribution in [2.45, 2.75) is 56.9 Å². The van der Waals surface area contributed by atoms with Crippen molar-refractivity contribution in [1.29, 1.82) is 0 Å². The van der Waals surface area contributed by atoms with Crippen LogP contribution >= 0.6 is 0 Å².